The van der Waals surface area contributed by atoms with Crippen LogP contribution in [-0.4, -0.2) is 34.4 Å². The monoisotopic (exact) mass is 292 g/mol. The molecule has 20 heavy (non-hydrogen) atoms. The highest BCUT2D eigenvalue weighted by Gasteiger charge is 2.20. The van der Waals surface area contributed by atoms with E-state index < -0.39 is 0 Å². The molecule has 0 saturated carbocycles. The lowest BCUT2D eigenvalue weighted by atomic mass is 10.2. The molecule has 1 aliphatic heterocycles. The Hall–Kier alpha value is -1.69. The van der Waals surface area contributed by atoms with Crippen LogP contribution in [-0.2, 0) is 0 Å². The van der Waals surface area contributed by atoms with Gasteiger partial charge in [0, 0.05) is 18.6 Å². The van der Waals surface area contributed by atoms with Crippen molar-refractivity contribution >= 4 is 28.7 Å². The third kappa shape index (κ3) is 2.14. The second-order valence-corrected chi connectivity index (χ2v) is 5.63. The maximum atomic E-state index is 12.2. The summed E-state index contributed by atoms with van der Waals surface area (Å²) in [6, 6.07) is 3.70. The van der Waals surface area contributed by atoms with Crippen molar-refractivity contribution in [3.05, 3.63) is 12.1 Å². The molecule has 2 aromatic rings. The Labute approximate surface area is 121 Å². The number of fused-ring (bicyclic) bond motifs is 2. The lowest BCUT2D eigenvalue weighted by molar-refractivity contribution is 0.0903. The van der Waals surface area contributed by atoms with Gasteiger partial charge in [0.1, 0.15) is 13.2 Å². The van der Waals surface area contributed by atoms with Crippen LogP contribution in [0.3, 0.4) is 0 Å². The molecule has 1 aliphatic rings. The second kappa shape index (κ2) is 5.36. The average Bonchev–Trinajstić information content (AvgIpc) is 2.81. The molecule has 0 aliphatic carbocycles. The molecule has 0 fully saturated rings. The first kappa shape index (κ1) is 13.3. The largest absolute Gasteiger partial charge is 0.486 e. The van der Waals surface area contributed by atoms with Gasteiger partial charge < -0.3 is 9.47 Å². The number of benzene rings is 1. The Kier molecular flexibility index (Phi) is 3.56. The Morgan fingerprint density at radius 3 is 2.65 bits per heavy atom. The lowest BCUT2D eigenvalue weighted by Crippen LogP contribution is -2.15. The van der Waals surface area contributed by atoms with E-state index in [4.69, 9.17) is 9.47 Å². The van der Waals surface area contributed by atoms with Gasteiger partial charge in [-0.3, -0.25) is 9.36 Å². The van der Waals surface area contributed by atoms with Crippen molar-refractivity contribution in [3.63, 3.8) is 0 Å². The van der Waals surface area contributed by atoms with Gasteiger partial charge in [-0.1, -0.05) is 25.6 Å². The lowest BCUT2D eigenvalue weighted by Gasteiger charge is -2.18. The first-order chi connectivity index (χ1) is 9.74. The van der Waals surface area contributed by atoms with Gasteiger partial charge in [0.2, 0.25) is 5.91 Å². The van der Waals surface area contributed by atoms with Crippen LogP contribution >= 0.6 is 11.8 Å². The highest BCUT2D eigenvalue weighted by molar-refractivity contribution is 7.99. The first-order valence-corrected chi connectivity index (χ1v) is 7.71. The molecule has 106 valence electrons. The maximum Gasteiger partial charge on any atom is 0.232 e. The quantitative estimate of drug-likeness (QED) is 0.814. The zero-order valence-corrected chi connectivity index (χ0v) is 12.3. The molecular formula is C14H16N2O3S. The average molecular weight is 292 g/mol. The minimum absolute atomic E-state index is 0.0418. The van der Waals surface area contributed by atoms with Gasteiger partial charge >= 0.3 is 0 Å². The molecule has 2 heterocycles. The number of thioether (sulfide) groups is 1. The van der Waals surface area contributed by atoms with Gasteiger partial charge in [0.05, 0.1) is 11.0 Å². The molecule has 0 spiro atoms. The Morgan fingerprint density at radius 2 is 2.00 bits per heavy atom. The number of aromatic nitrogens is 2. The molecule has 0 saturated heterocycles. The summed E-state index contributed by atoms with van der Waals surface area (Å²) in [4.78, 5) is 16.7. The number of carbonyl (C=O) groups excluding carboxylic acids is 1. The third-order valence-corrected chi connectivity index (χ3v) is 3.93. The highest BCUT2D eigenvalue weighted by atomic mass is 32.2. The van der Waals surface area contributed by atoms with Gasteiger partial charge in [-0.15, -0.1) is 0 Å². The molecule has 1 aromatic heterocycles. The summed E-state index contributed by atoms with van der Waals surface area (Å²) < 4.78 is 12.8. The molecule has 5 nitrogen and oxygen atoms in total. The van der Waals surface area contributed by atoms with Crippen LogP contribution in [0.1, 0.15) is 25.1 Å². The topological polar surface area (TPSA) is 53.4 Å². The maximum absolute atomic E-state index is 12.2. The van der Waals surface area contributed by atoms with Gasteiger partial charge in [-0.25, -0.2) is 4.98 Å². The van der Waals surface area contributed by atoms with Gasteiger partial charge in [0.15, 0.2) is 16.7 Å². The van der Waals surface area contributed by atoms with Gasteiger partial charge in [-0.05, 0) is 5.75 Å². The fourth-order valence-corrected chi connectivity index (χ4v) is 2.97. The second-order valence-electron chi connectivity index (χ2n) is 4.39. The van der Waals surface area contributed by atoms with Crippen molar-refractivity contribution in [2.45, 2.75) is 25.4 Å². The van der Waals surface area contributed by atoms with Crippen LogP contribution in [0.5, 0.6) is 11.5 Å². The van der Waals surface area contributed by atoms with Crippen LogP contribution in [0.2, 0.25) is 0 Å². The van der Waals surface area contributed by atoms with Crippen molar-refractivity contribution < 1.29 is 14.3 Å². The molecular weight excluding hydrogens is 276 g/mol. The molecule has 0 N–H and O–H groups in total. The Morgan fingerprint density at radius 1 is 1.30 bits per heavy atom. The van der Waals surface area contributed by atoms with Crippen LogP contribution < -0.4 is 9.47 Å². The molecule has 0 amide bonds. The fourth-order valence-electron chi connectivity index (χ4n) is 2.22. The molecule has 0 radical (unpaired) electrons. The van der Waals surface area contributed by atoms with Gasteiger partial charge in [0.25, 0.3) is 0 Å². The van der Waals surface area contributed by atoms with Crippen molar-refractivity contribution in [1.29, 1.82) is 0 Å². The summed E-state index contributed by atoms with van der Waals surface area (Å²) in [5.74, 6) is 2.29. The van der Waals surface area contributed by atoms with E-state index in [1.54, 1.807) is 16.3 Å². The molecule has 0 unspecified atom stereocenters. The normalized spacial score (nSPS) is 13.7. The van der Waals surface area contributed by atoms with Crippen molar-refractivity contribution in [1.82, 2.24) is 9.55 Å². The first-order valence-electron chi connectivity index (χ1n) is 6.72. The number of carbonyl (C=O) groups is 1. The Bertz CT molecular complexity index is 666. The van der Waals surface area contributed by atoms with E-state index in [1.165, 1.54) is 0 Å². The van der Waals surface area contributed by atoms with Crippen LogP contribution in [0.25, 0.3) is 11.0 Å². The summed E-state index contributed by atoms with van der Waals surface area (Å²) in [7, 11) is 0. The van der Waals surface area contributed by atoms with E-state index in [9.17, 15) is 4.79 Å². The minimum atomic E-state index is 0.0418. The van der Waals surface area contributed by atoms with Crippen LogP contribution in [0, 0.1) is 0 Å². The van der Waals surface area contributed by atoms with Crippen LogP contribution in [0.4, 0.5) is 0 Å². The van der Waals surface area contributed by atoms with Crippen molar-refractivity contribution in [2.24, 2.45) is 0 Å². The number of rotatable bonds is 3. The predicted octanol–water partition coefficient (Wildman–Crippen LogP) is 2.97. The third-order valence-electron chi connectivity index (χ3n) is 3.11. The number of hydrogen-bond acceptors (Lipinski definition) is 5. The fraction of sp³-hybridized carbons (Fsp3) is 0.429. The molecule has 6 heteroatoms. The minimum Gasteiger partial charge on any atom is -0.486 e. The molecule has 3 rings (SSSR count). The summed E-state index contributed by atoms with van der Waals surface area (Å²) >= 11 is 1.56. The van der Waals surface area contributed by atoms with E-state index in [2.05, 4.69) is 4.98 Å². The van der Waals surface area contributed by atoms with E-state index in [-0.39, 0.29) is 5.91 Å². The SMILES string of the molecule is CCSc1nc2cc3c(cc2n1C(=O)CC)OCCO3. The predicted molar refractivity (Wildman–Crippen MR) is 78.0 cm³/mol. The smallest absolute Gasteiger partial charge is 0.232 e. The van der Waals surface area contributed by atoms with E-state index in [1.807, 2.05) is 26.0 Å². The number of imidazole rings is 1. The van der Waals surface area contributed by atoms with E-state index in [0.717, 1.165) is 21.9 Å². The summed E-state index contributed by atoms with van der Waals surface area (Å²) in [5, 5.41) is 0.733. The van der Waals surface area contributed by atoms with E-state index >= 15 is 0 Å². The molecule has 0 atom stereocenters. The summed E-state index contributed by atoms with van der Waals surface area (Å²) in [5.41, 5.74) is 1.56. The highest BCUT2D eigenvalue weighted by Crippen LogP contribution is 2.36. The number of hydrogen-bond donors (Lipinski definition) is 0. The van der Waals surface area contributed by atoms with Gasteiger partial charge in [-0.2, -0.15) is 0 Å². The number of ether oxygens (including phenoxy) is 2. The Balaban J connectivity index is 2.21. The summed E-state index contributed by atoms with van der Waals surface area (Å²) in [6.45, 7) is 4.98. The number of nitrogens with zero attached hydrogens (tertiary/aromatic N) is 2. The van der Waals surface area contributed by atoms with Crippen molar-refractivity contribution in [2.75, 3.05) is 19.0 Å². The summed E-state index contributed by atoms with van der Waals surface area (Å²) in [6.07, 6.45) is 0.442. The molecule has 1 aromatic carbocycles. The standard InChI is InChI=1S/C14H16N2O3S/c1-3-13(17)16-10-8-12-11(18-5-6-19-12)7-9(10)15-14(16)20-4-2/h7-8H,3-6H2,1-2H3. The molecule has 0 bridgehead atoms. The van der Waals surface area contributed by atoms with E-state index in [0.29, 0.717) is 31.1 Å². The zero-order valence-electron chi connectivity index (χ0n) is 11.5. The van der Waals surface area contributed by atoms with Crippen molar-refractivity contribution in [3.8, 4) is 11.5 Å². The van der Waals surface area contributed by atoms with Crippen LogP contribution in [0.15, 0.2) is 17.3 Å². The zero-order chi connectivity index (χ0) is 14.1.